The largest absolute Gasteiger partial charge is 0.468 e. The van der Waals surface area contributed by atoms with Gasteiger partial charge in [0.2, 0.25) is 0 Å². The van der Waals surface area contributed by atoms with Crippen LogP contribution in [-0.2, 0) is 14.3 Å². The molecule has 0 aliphatic heterocycles. The van der Waals surface area contributed by atoms with Crippen LogP contribution in [0.5, 0.6) is 0 Å². The highest BCUT2D eigenvalue weighted by Crippen LogP contribution is 1.85. The Morgan fingerprint density at radius 1 is 1.82 bits per heavy atom. The van der Waals surface area contributed by atoms with Crippen molar-refractivity contribution >= 4 is 13.5 Å². The second-order valence-electron chi connectivity index (χ2n) is 1.81. The Kier molecular flexibility index (Phi) is 5.82. The number of ether oxygens (including phenoxy) is 1. The lowest BCUT2D eigenvalue weighted by molar-refractivity contribution is -0.146. The summed E-state index contributed by atoms with van der Waals surface area (Å²) in [4.78, 5) is 10.7. The summed E-state index contributed by atoms with van der Waals surface area (Å²) in [5.74, 6) is -0.541. The second kappa shape index (κ2) is 6.15. The van der Waals surface area contributed by atoms with Gasteiger partial charge in [0, 0.05) is 0 Å². The highest BCUT2D eigenvalue weighted by molar-refractivity contribution is 6.24. The van der Waals surface area contributed by atoms with E-state index in [1.165, 1.54) is 7.11 Å². The zero-order chi connectivity index (χ0) is 8.69. The summed E-state index contributed by atoms with van der Waals surface area (Å²) >= 11 is 0. The minimum atomic E-state index is -0.792. The Bertz CT molecular complexity index is 121. The van der Waals surface area contributed by atoms with Gasteiger partial charge in [-0.3, -0.25) is 4.79 Å². The summed E-state index contributed by atoms with van der Waals surface area (Å²) in [5, 5.41) is 8.61. The Hall–Kier alpha value is -0.585. The quantitative estimate of drug-likeness (QED) is 0.290. The number of rotatable bonds is 5. The maximum Gasteiger partial charge on any atom is 0.327 e. The predicted molar refractivity (Wildman–Crippen MR) is 40.1 cm³/mol. The van der Waals surface area contributed by atoms with Gasteiger partial charge in [0.1, 0.15) is 0 Å². The van der Waals surface area contributed by atoms with Crippen molar-refractivity contribution in [2.75, 3.05) is 13.7 Å². The number of aliphatic hydroxyl groups is 1. The van der Waals surface area contributed by atoms with Crippen molar-refractivity contribution in [3.05, 3.63) is 0 Å². The summed E-state index contributed by atoms with van der Waals surface area (Å²) in [6.45, 7) is 1.42. The van der Waals surface area contributed by atoms with Crippen molar-refractivity contribution in [2.45, 2.75) is 12.9 Å². The van der Waals surface area contributed by atoms with Gasteiger partial charge in [-0.2, -0.15) is 0 Å². The van der Waals surface area contributed by atoms with Gasteiger partial charge in [0.05, 0.1) is 13.7 Å². The fourth-order valence-electron chi connectivity index (χ4n) is 0.486. The minimum absolute atomic E-state index is 0.341. The average molecular weight is 161 g/mol. The molecule has 0 bridgehead atoms. The molecule has 5 nitrogen and oxygen atoms in total. The van der Waals surface area contributed by atoms with E-state index in [-0.39, 0.29) is 6.61 Å². The topological polar surface area (TPSA) is 67.8 Å². The highest BCUT2D eigenvalue weighted by Gasteiger charge is 2.16. The van der Waals surface area contributed by atoms with Crippen molar-refractivity contribution in [1.82, 2.24) is 5.48 Å². The maximum atomic E-state index is 10.7. The van der Waals surface area contributed by atoms with Gasteiger partial charge < -0.3 is 14.6 Å². The Labute approximate surface area is 65.9 Å². The summed E-state index contributed by atoms with van der Waals surface area (Å²) < 4.78 is 9.06. The van der Waals surface area contributed by atoms with E-state index in [1.54, 1.807) is 6.82 Å². The number of esters is 1. The van der Waals surface area contributed by atoms with Crippen molar-refractivity contribution in [3.63, 3.8) is 0 Å². The first kappa shape index (κ1) is 10.4. The van der Waals surface area contributed by atoms with Gasteiger partial charge in [-0.25, -0.2) is 5.48 Å². The molecule has 0 aliphatic carbocycles. The summed E-state index contributed by atoms with van der Waals surface area (Å²) in [5.41, 5.74) is 2.35. The molecule has 0 aromatic rings. The molecule has 0 fully saturated rings. The van der Waals surface area contributed by atoms with Crippen LogP contribution < -0.4 is 5.48 Å². The monoisotopic (exact) mass is 161 g/mol. The lowest BCUT2D eigenvalue weighted by Crippen LogP contribution is -2.40. The van der Waals surface area contributed by atoms with Crippen LogP contribution in [0.4, 0.5) is 0 Å². The van der Waals surface area contributed by atoms with E-state index in [1.807, 2.05) is 0 Å². The van der Waals surface area contributed by atoms with Gasteiger partial charge >= 0.3 is 13.5 Å². The first-order valence-corrected chi connectivity index (χ1v) is 3.32. The number of nitrogens with one attached hydrogen (secondary N) is 1. The standard InChI is InChI=1S/C5H12BNO4/c1-6-11-7-4(3-8)5(9)10-2/h4,6-8H,3H2,1-2H3. The van der Waals surface area contributed by atoms with E-state index in [2.05, 4.69) is 10.2 Å². The van der Waals surface area contributed by atoms with Crippen LogP contribution in [-0.4, -0.2) is 38.3 Å². The molecule has 0 aromatic carbocycles. The number of hydroxylamine groups is 1. The van der Waals surface area contributed by atoms with E-state index in [9.17, 15) is 4.79 Å². The third kappa shape index (κ3) is 3.97. The SMILES string of the molecule is CBONC(CO)C(=O)OC. The van der Waals surface area contributed by atoms with Crippen LogP contribution in [0.25, 0.3) is 0 Å². The molecule has 0 heterocycles. The molecule has 0 amide bonds. The van der Waals surface area contributed by atoms with Crippen LogP contribution in [0.3, 0.4) is 0 Å². The van der Waals surface area contributed by atoms with Crippen molar-refractivity contribution in [2.24, 2.45) is 0 Å². The molecule has 0 aromatic heterocycles. The molecule has 1 atom stereocenters. The summed E-state index contributed by atoms with van der Waals surface area (Å²) in [6, 6.07) is -0.792. The number of methoxy groups -OCH3 is 1. The van der Waals surface area contributed by atoms with E-state index in [4.69, 9.17) is 9.86 Å². The number of carbonyl (C=O) groups excluding carboxylic acids is 1. The highest BCUT2D eigenvalue weighted by atomic mass is 16.6. The third-order valence-corrected chi connectivity index (χ3v) is 1.04. The Morgan fingerprint density at radius 2 is 2.45 bits per heavy atom. The fraction of sp³-hybridized carbons (Fsp3) is 0.800. The predicted octanol–water partition coefficient (Wildman–Crippen LogP) is -1.56. The number of aliphatic hydroxyl groups excluding tert-OH is 1. The van der Waals surface area contributed by atoms with Gasteiger partial charge in [0.25, 0.3) is 0 Å². The first-order chi connectivity index (χ1) is 5.26. The van der Waals surface area contributed by atoms with Crippen molar-refractivity contribution in [3.8, 4) is 0 Å². The lowest BCUT2D eigenvalue weighted by atomic mass is 10.1. The molecule has 0 saturated carbocycles. The maximum absolute atomic E-state index is 10.7. The van der Waals surface area contributed by atoms with E-state index in [0.717, 1.165) is 0 Å². The number of carbonyl (C=O) groups is 1. The fourth-order valence-corrected chi connectivity index (χ4v) is 0.486. The minimum Gasteiger partial charge on any atom is -0.468 e. The van der Waals surface area contributed by atoms with Gasteiger partial charge in [-0.15, -0.1) is 0 Å². The molecule has 1 unspecified atom stereocenters. The van der Waals surface area contributed by atoms with Gasteiger partial charge in [-0.05, 0) is 0 Å². The average Bonchev–Trinajstić information content (AvgIpc) is 2.05. The van der Waals surface area contributed by atoms with Crippen molar-refractivity contribution < 1.29 is 19.4 Å². The lowest BCUT2D eigenvalue weighted by Gasteiger charge is -2.12. The first-order valence-electron chi connectivity index (χ1n) is 3.32. The zero-order valence-corrected chi connectivity index (χ0v) is 6.66. The molecular weight excluding hydrogens is 149 g/mol. The molecule has 2 N–H and O–H groups in total. The summed E-state index contributed by atoms with van der Waals surface area (Å²) in [7, 11) is 1.67. The molecule has 64 valence electrons. The third-order valence-electron chi connectivity index (χ3n) is 1.04. The van der Waals surface area contributed by atoms with Crippen LogP contribution in [0.15, 0.2) is 0 Å². The Morgan fingerprint density at radius 3 is 2.82 bits per heavy atom. The molecule has 0 spiro atoms. The Balaban J connectivity index is 3.65. The van der Waals surface area contributed by atoms with Crippen LogP contribution >= 0.6 is 0 Å². The van der Waals surface area contributed by atoms with E-state index in [0.29, 0.717) is 7.48 Å². The van der Waals surface area contributed by atoms with Crippen LogP contribution in [0.2, 0.25) is 6.82 Å². The molecular formula is C5H12BNO4. The smallest absolute Gasteiger partial charge is 0.327 e. The number of hydrogen-bond donors (Lipinski definition) is 2. The molecule has 0 aliphatic rings. The van der Waals surface area contributed by atoms with Crippen LogP contribution in [0.1, 0.15) is 0 Å². The van der Waals surface area contributed by atoms with Gasteiger partial charge in [0.15, 0.2) is 6.04 Å². The van der Waals surface area contributed by atoms with Crippen molar-refractivity contribution in [1.29, 1.82) is 0 Å². The van der Waals surface area contributed by atoms with Gasteiger partial charge in [-0.1, -0.05) is 6.82 Å². The van der Waals surface area contributed by atoms with E-state index < -0.39 is 12.0 Å². The van der Waals surface area contributed by atoms with Crippen LogP contribution in [0, 0.1) is 0 Å². The molecule has 11 heavy (non-hydrogen) atoms. The molecule has 0 saturated heterocycles. The molecule has 0 rings (SSSR count). The van der Waals surface area contributed by atoms with E-state index >= 15 is 0 Å². The molecule has 6 heteroatoms. The summed E-state index contributed by atoms with van der Waals surface area (Å²) in [6.07, 6.45) is 0. The zero-order valence-electron chi connectivity index (χ0n) is 6.66. The number of hydrogen-bond acceptors (Lipinski definition) is 5. The molecule has 0 radical (unpaired) electrons. The second-order valence-corrected chi connectivity index (χ2v) is 1.81. The normalized spacial score (nSPS) is 12.3.